The van der Waals surface area contributed by atoms with Gasteiger partial charge in [0.1, 0.15) is 16.7 Å². The van der Waals surface area contributed by atoms with Crippen molar-refractivity contribution in [1.82, 2.24) is 13.6 Å². The van der Waals surface area contributed by atoms with Crippen molar-refractivity contribution in [2.45, 2.75) is 80.5 Å². The zero-order valence-electron chi connectivity index (χ0n) is 20.4. The van der Waals surface area contributed by atoms with E-state index in [1.54, 1.807) is 16.7 Å². The summed E-state index contributed by atoms with van der Waals surface area (Å²) in [6.07, 6.45) is 8.72. The molecule has 0 amide bonds. The third-order valence-electron chi connectivity index (χ3n) is 7.64. The molecule has 1 aromatic carbocycles. The first kappa shape index (κ1) is 27.1. The van der Waals surface area contributed by atoms with Crippen LogP contribution in [0.15, 0.2) is 47.6 Å². The Bertz CT molecular complexity index is 1310. The molecule has 0 radical (unpaired) electrons. The Labute approximate surface area is 229 Å². The van der Waals surface area contributed by atoms with Gasteiger partial charge in [-0.25, -0.2) is 16.8 Å². The molecule has 2 bridgehead atoms. The fraction of sp³-hybridized carbons (Fsp3) is 0.560. The molecule has 8 nitrogen and oxygen atoms in total. The number of benzene rings is 1. The topological polar surface area (TPSA) is 96.9 Å². The van der Waals surface area contributed by atoms with Crippen LogP contribution in [0.2, 0.25) is 10.0 Å². The van der Waals surface area contributed by atoms with Crippen molar-refractivity contribution in [3.05, 3.63) is 52.8 Å². The van der Waals surface area contributed by atoms with Crippen LogP contribution >= 0.6 is 23.2 Å². The lowest BCUT2D eigenvalue weighted by molar-refractivity contribution is 0.0956. The van der Waals surface area contributed by atoms with Crippen molar-refractivity contribution in [3.8, 4) is 5.75 Å². The molecule has 3 fully saturated rings. The predicted octanol–water partition coefficient (Wildman–Crippen LogP) is 4.73. The van der Waals surface area contributed by atoms with Crippen LogP contribution in [0.4, 0.5) is 0 Å². The van der Waals surface area contributed by atoms with Crippen LogP contribution in [0.3, 0.4) is 0 Å². The molecule has 2 aromatic rings. The van der Waals surface area contributed by atoms with Crippen molar-refractivity contribution >= 4 is 43.2 Å². The Balaban J connectivity index is 1.19. The predicted molar refractivity (Wildman–Crippen MR) is 143 cm³/mol. The summed E-state index contributed by atoms with van der Waals surface area (Å²) in [6.45, 7) is 0.397. The fourth-order valence-electron chi connectivity index (χ4n) is 6.08. The molecule has 3 saturated heterocycles. The number of fused-ring (bicyclic) bond motifs is 2. The van der Waals surface area contributed by atoms with Gasteiger partial charge in [0.05, 0.1) is 10.8 Å². The maximum absolute atomic E-state index is 13.4. The maximum atomic E-state index is 13.4. The van der Waals surface area contributed by atoms with Gasteiger partial charge in [0.2, 0.25) is 20.0 Å². The Hall–Kier alpha value is -1.43. The summed E-state index contributed by atoms with van der Waals surface area (Å²) in [7, 11) is -7.26. The second-order valence-corrected chi connectivity index (χ2v) is 14.8. The lowest BCUT2D eigenvalue weighted by atomic mass is 10.0. The van der Waals surface area contributed by atoms with Gasteiger partial charge in [0, 0.05) is 54.9 Å². The number of halogens is 2. The molecule has 0 spiro atoms. The van der Waals surface area contributed by atoms with E-state index in [4.69, 9.17) is 27.9 Å². The van der Waals surface area contributed by atoms with Crippen molar-refractivity contribution < 1.29 is 21.6 Å². The molecular weight excluding hydrogens is 557 g/mol. The summed E-state index contributed by atoms with van der Waals surface area (Å²) in [6, 6.07) is 7.65. The number of hydrogen-bond donors (Lipinski definition) is 0. The number of piperidine rings is 1. The first-order chi connectivity index (χ1) is 17.6. The first-order valence-corrected chi connectivity index (χ1v) is 16.5. The highest BCUT2D eigenvalue weighted by Gasteiger charge is 2.47. The van der Waals surface area contributed by atoms with E-state index in [1.807, 2.05) is 12.1 Å². The Morgan fingerprint density at radius 3 is 2.35 bits per heavy atom. The van der Waals surface area contributed by atoms with E-state index in [0.717, 1.165) is 25.0 Å². The van der Waals surface area contributed by atoms with Gasteiger partial charge in [-0.15, -0.1) is 0 Å². The minimum Gasteiger partial charge on any atom is -0.490 e. The number of pyridine rings is 1. The highest BCUT2D eigenvalue weighted by atomic mass is 35.5. The van der Waals surface area contributed by atoms with Gasteiger partial charge in [-0.05, 0) is 68.9 Å². The van der Waals surface area contributed by atoms with Crippen molar-refractivity contribution in [2.75, 3.05) is 12.3 Å². The van der Waals surface area contributed by atoms with Crippen LogP contribution in [0, 0.1) is 0 Å². The van der Waals surface area contributed by atoms with Crippen molar-refractivity contribution in [1.29, 1.82) is 0 Å². The van der Waals surface area contributed by atoms with Crippen LogP contribution in [0.1, 0.15) is 51.4 Å². The van der Waals surface area contributed by atoms with Crippen LogP contribution in [-0.4, -0.2) is 67.0 Å². The number of hydrogen-bond acceptors (Lipinski definition) is 6. The summed E-state index contributed by atoms with van der Waals surface area (Å²) in [5, 5.41) is 0.460. The highest BCUT2D eigenvalue weighted by molar-refractivity contribution is 7.89. The molecule has 0 saturated carbocycles. The maximum Gasteiger partial charge on any atom is 0.244 e. The summed E-state index contributed by atoms with van der Waals surface area (Å²) >= 11 is 12.1. The molecule has 3 atom stereocenters. The van der Waals surface area contributed by atoms with Gasteiger partial charge in [0.15, 0.2) is 0 Å². The lowest BCUT2D eigenvalue weighted by Gasteiger charge is -2.38. The average Bonchev–Trinajstić information content (AvgIpc) is 3.43. The van der Waals surface area contributed by atoms with Crippen LogP contribution < -0.4 is 4.74 Å². The smallest absolute Gasteiger partial charge is 0.244 e. The normalized spacial score (nSPS) is 27.0. The Morgan fingerprint density at radius 2 is 1.68 bits per heavy atom. The van der Waals surface area contributed by atoms with Gasteiger partial charge in [-0.3, -0.25) is 4.98 Å². The van der Waals surface area contributed by atoms with Crippen molar-refractivity contribution in [3.63, 3.8) is 0 Å². The zero-order chi connectivity index (χ0) is 26.2. The van der Waals surface area contributed by atoms with Gasteiger partial charge in [-0.1, -0.05) is 23.2 Å². The molecular formula is C25H31Cl2N3O5S2. The standard InChI is InChI=1S/C25H31Cl2N3O5S2/c26-18-5-8-25(24(27)15-18)37(33,34)29-13-1-3-19(29)4-2-14-36(31,32)30-20-6-7-21(30)17-23(16-20)35-22-9-11-28-12-10-22/h5,8-12,15,19-21,23H,1-4,6-7,13-14,16-17H2/t19-,20+,21+/m0/s1. The molecule has 202 valence electrons. The van der Waals surface area contributed by atoms with Crippen molar-refractivity contribution in [2.24, 2.45) is 0 Å². The second kappa shape index (κ2) is 11.0. The molecule has 1 aromatic heterocycles. The molecule has 5 rings (SSSR count). The van der Waals surface area contributed by atoms with Crippen LogP contribution in [0.25, 0.3) is 0 Å². The lowest BCUT2D eigenvalue weighted by Crippen LogP contribution is -2.50. The highest BCUT2D eigenvalue weighted by Crippen LogP contribution is 2.40. The Kier molecular flexibility index (Phi) is 8.06. The zero-order valence-corrected chi connectivity index (χ0v) is 23.5. The summed E-state index contributed by atoms with van der Waals surface area (Å²) < 4.78 is 62.6. The van der Waals surface area contributed by atoms with Gasteiger partial charge in [0.25, 0.3) is 0 Å². The number of rotatable bonds is 9. The number of aromatic nitrogens is 1. The molecule has 12 heteroatoms. The number of ether oxygens (including phenoxy) is 1. The van der Waals surface area contributed by atoms with Gasteiger partial charge >= 0.3 is 0 Å². The van der Waals surface area contributed by atoms with E-state index in [9.17, 15) is 16.8 Å². The van der Waals surface area contributed by atoms with E-state index in [-0.39, 0.29) is 39.9 Å². The Morgan fingerprint density at radius 1 is 0.973 bits per heavy atom. The largest absolute Gasteiger partial charge is 0.490 e. The second-order valence-electron chi connectivity index (χ2n) is 10.1. The fourth-order valence-corrected chi connectivity index (χ4v) is 10.6. The SMILES string of the molecule is O=S(=O)(CCC[C@@H]1CCCN1S(=O)(=O)c1ccc(Cl)cc1Cl)N1[C@@H]2CC[C@@H]1CC(Oc1ccncc1)C2. The van der Waals surface area contributed by atoms with E-state index < -0.39 is 20.0 Å². The monoisotopic (exact) mass is 587 g/mol. The molecule has 0 aliphatic carbocycles. The third-order valence-corrected chi connectivity index (χ3v) is 12.4. The molecule has 0 unspecified atom stereocenters. The van der Waals surface area contributed by atoms with E-state index >= 15 is 0 Å². The minimum absolute atomic E-state index is 0.0108. The first-order valence-electron chi connectivity index (χ1n) is 12.7. The number of sulfonamides is 2. The van der Waals surface area contributed by atoms with E-state index in [2.05, 4.69) is 4.98 Å². The summed E-state index contributed by atoms with van der Waals surface area (Å²) in [5.41, 5.74) is 0. The minimum atomic E-state index is -3.80. The summed E-state index contributed by atoms with van der Waals surface area (Å²) in [5.74, 6) is 0.772. The average molecular weight is 589 g/mol. The molecule has 4 heterocycles. The molecule has 3 aliphatic rings. The van der Waals surface area contributed by atoms with E-state index in [1.165, 1.54) is 22.5 Å². The molecule has 37 heavy (non-hydrogen) atoms. The molecule has 0 N–H and O–H groups in total. The van der Waals surface area contributed by atoms with Crippen LogP contribution in [0.5, 0.6) is 5.75 Å². The van der Waals surface area contributed by atoms with E-state index in [0.29, 0.717) is 43.7 Å². The molecule has 3 aliphatic heterocycles. The van der Waals surface area contributed by atoms with Gasteiger partial charge < -0.3 is 4.74 Å². The van der Waals surface area contributed by atoms with Gasteiger partial charge in [-0.2, -0.15) is 8.61 Å². The quantitative estimate of drug-likeness (QED) is 0.421. The summed E-state index contributed by atoms with van der Waals surface area (Å²) in [4.78, 5) is 4.04. The number of nitrogens with zero attached hydrogens (tertiary/aromatic N) is 3. The third kappa shape index (κ3) is 5.79. The van der Waals surface area contributed by atoms with Crippen LogP contribution in [-0.2, 0) is 20.0 Å².